The lowest BCUT2D eigenvalue weighted by Crippen LogP contribution is -2.15. The fourth-order valence-electron chi connectivity index (χ4n) is 1.33. The minimum Gasteiger partial charge on any atom is -0.508 e. The predicted octanol–water partition coefficient (Wildman–Crippen LogP) is 1.33. The van der Waals surface area contributed by atoms with Gasteiger partial charge in [0.25, 0.3) is 5.91 Å². The second-order valence-corrected chi connectivity index (χ2v) is 3.44. The second-order valence-electron chi connectivity index (χ2n) is 3.44. The summed E-state index contributed by atoms with van der Waals surface area (Å²) in [5, 5.41) is 11.7. The minimum absolute atomic E-state index is 0.124. The van der Waals surface area contributed by atoms with Crippen LogP contribution in [0.3, 0.4) is 0 Å². The van der Waals surface area contributed by atoms with Crippen LogP contribution in [0.15, 0.2) is 47.4 Å². The number of rotatable bonds is 2. The van der Waals surface area contributed by atoms with Crippen molar-refractivity contribution >= 4 is 11.6 Å². The Hall–Kier alpha value is -2.56. The van der Waals surface area contributed by atoms with Crippen molar-refractivity contribution in [1.29, 1.82) is 0 Å². The van der Waals surface area contributed by atoms with Gasteiger partial charge in [-0.25, -0.2) is 0 Å². The van der Waals surface area contributed by atoms with Crippen LogP contribution in [0.1, 0.15) is 10.4 Å². The van der Waals surface area contributed by atoms with Gasteiger partial charge in [-0.2, -0.15) is 0 Å². The predicted molar refractivity (Wildman–Crippen MR) is 63.1 cm³/mol. The van der Waals surface area contributed by atoms with Crippen LogP contribution in [0, 0.1) is 0 Å². The first kappa shape index (κ1) is 10.9. The molecule has 1 aromatic carbocycles. The summed E-state index contributed by atoms with van der Waals surface area (Å²) < 4.78 is 0. The highest BCUT2D eigenvalue weighted by Gasteiger charge is 2.05. The van der Waals surface area contributed by atoms with Crippen molar-refractivity contribution in [2.24, 2.45) is 0 Å². The van der Waals surface area contributed by atoms with Crippen LogP contribution in [0.2, 0.25) is 0 Å². The molecule has 0 bridgehead atoms. The maximum Gasteiger partial charge on any atom is 0.255 e. The average Bonchev–Trinajstić information content (AvgIpc) is 2.32. The molecule has 0 saturated heterocycles. The van der Waals surface area contributed by atoms with Gasteiger partial charge in [0.15, 0.2) is 0 Å². The smallest absolute Gasteiger partial charge is 0.255 e. The Balaban J connectivity index is 2.17. The first-order valence-corrected chi connectivity index (χ1v) is 4.94. The normalized spacial score (nSPS) is 9.88. The number of pyridine rings is 1. The van der Waals surface area contributed by atoms with E-state index >= 15 is 0 Å². The number of hydrogen-bond donors (Lipinski definition) is 3. The Morgan fingerprint density at radius 3 is 2.53 bits per heavy atom. The summed E-state index contributed by atoms with van der Waals surface area (Å²) >= 11 is 0. The number of nitrogens with one attached hydrogen (secondary N) is 2. The lowest BCUT2D eigenvalue weighted by atomic mass is 10.2. The van der Waals surface area contributed by atoms with Gasteiger partial charge in [-0.05, 0) is 30.3 Å². The molecule has 0 radical (unpaired) electrons. The van der Waals surface area contributed by atoms with Gasteiger partial charge in [0.1, 0.15) is 5.75 Å². The Morgan fingerprint density at radius 2 is 1.88 bits per heavy atom. The topological polar surface area (TPSA) is 82.2 Å². The van der Waals surface area contributed by atoms with E-state index in [-0.39, 0.29) is 22.8 Å². The first-order valence-electron chi connectivity index (χ1n) is 4.94. The van der Waals surface area contributed by atoms with Gasteiger partial charge in [-0.15, -0.1) is 0 Å². The minimum atomic E-state index is -0.373. The number of carbonyl (C=O) groups excluding carboxylic acids is 1. The number of anilines is 1. The van der Waals surface area contributed by atoms with E-state index in [2.05, 4.69) is 10.3 Å². The van der Waals surface area contributed by atoms with Crippen LogP contribution in [-0.2, 0) is 0 Å². The van der Waals surface area contributed by atoms with Crippen LogP contribution < -0.4 is 10.9 Å². The van der Waals surface area contributed by atoms with Gasteiger partial charge >= 0.3 is 0 Å². The van der Waals surface area contributed by atoms with E-state index < -0.39 is 0 Å². The van der Waals surface area contributed by atoms with Crippen molar-refractivity contribution < 1.29 is 9.90 Å². The summed E-state index contributed by atoms with van der Waals surface area (Å²) in [4.78, 5) is 25.2. The van der Waals surface area contributed by atoms with Crippen molar-refractivity contribution in [2.75, 3.05) is 5.32 Å². The molecule has 1 aromatic heterocycles. The molecule has 5 heteroatoms. The van der Waals surface area contributed by atoms with Gasteiger partial charge < -0.3 is 15.4 Å². The third-order valence-electron chi connectivity index (χ3n) is 2.16. The molecular weight excluding hydrogens is 220 g/mol. The van der Waals surface area contributed by atoms with Crippen LogP contribution >= 0.6 is 0 Å². The zero-order valence-corrected chi connectivity index (χ0v) is 8.81. The zero-order valence-electron chi connectivity index (χ0n) is 8.81. The standard InChI is InChI=1S/C12H10N2O3/c15-10-3-1-9(2-4-10)14-12(17)8-5-6-13-11(16)7-8/h1-7,15H,(H,13,16)(H,14,17). The maximum atomic E-state index is 11.7. The Bertz CT molecular complexity index is 587. The molecule has 0 fully saturated rings. The number of aromatic nitrogens is 1. The lowest BCUT2D eigenvalue weighted by Gasteiger charge is -2.04. The molecule has 2 aromatic rings. The molecule has 5 nitrogen and oxygen atoms in total. The number of aromatic hydroxyl groups is 1. The summed E-state index contributed by atoms with van der Waals surface area (Å²) in [6.07, 6.45) is 1.41. The first-order chi connectivity index (χ1) is 8.15. The van der Waals surface area contributed by atoms with Crippen LogP contribution in [0.4, 0.5) is 5.69 Å². The number of aromatic amines is 1. The van der Waals surface area contributed by atoms with Crippen molar-refractivity contribution in [2.45, 2.75) is 0 Å². The highest BCUT2D eigenvalue weighted by atomic mass is 16.3. The third-order valence-corrected chi connectivity index (χ3v) is 2.16. The summed E-state index contributed by atoms with van der Waals surface area (Å²) in [6.45, 7) is 0. The van der Waals surface area contributed by atoms with Gasteiger partial charge in [0, 0.05) is 23.5 Å². The fourth-order valence-corrected chi connectivity index (χ4v) is 1.33. The molecule has 0 unspecified atom stereocenters. The molecule has 3 N–H and O–H groups in total. The number of hydrogen-bond acceptors (Lipinski definition) is 3. The highest BCUT2D eigenvalue weighted by molar-refractivity contribution is 6.04. The molecule has 0 spiro atoms. The SMILES string of the molecule is O=C(Nc1ccc(O)cc1)c1cc[nH]c(=O)c1. The number of benzene rings is 1. The summed E-state index contributed by atoms with van der Waals surface area (Å²) in [5.41, 5.74) is 0.498. The van der Waals surface area contributed by atoms with Gasteiger partial charge in [-0.1, -0.05) is 0 Å². The zero-order chi connectivity index (χ0) is 12.3. The van der Waals surface area contributed by atoms with Crippen LogP contribution in [0.25, 0.3) is 0 Å². The quantitative estimate of drug-likeness (QED) is 0.681. The van der Waals surface area contributed by atoms with Crippen LogP contribution in [0.5, 0.6) is 5.75 Å². The molecule has 0 aliphatic rings. The number of phenolic OH excluding ortho intramolecular Hbond substituents is 1. The lowest BCUT2D eigenvalue weighted by molar-refractivity contribution is 0.102. The molecular formula is C12H10N2O3. The van der Waals surface area contributed by atoms with E-state index in [1.54, 1.807) is 12.1 Å². The van der Waals surface area contributed by atoms with Crippen molar-refractivity contribution in [3.63, 3.8) is 0 Å². The van der Waals surface area contributed by atoms with E-state index in [4.69, 9.17) is 5.11 Å². The second kappa shape index (κ2) is 4.52. The monoisotopic (exact) mass is 230 g/mol. The van der Waals surface area contributed by atoms with Gasteiger partial charge in [-0.3, -0.25) is 9.59 Å². The molecule has 2 rings (SSSR count). The third kappa shape index (κ3) is 2.72. The van der Waals surface area contributed by atoms with E-state index in [1.807, 2.05) is 0 Å². The van der Waals surface area contributed by atoms with Crippen molar-refractivity contribution in [3.05, 3.63) is 58.5 Å². The molecule has 0 atom stereocenters. The van der Waals surface area contributed by atoms with Crippen molar-refractivity contribution in [3.8, 4) is 5.75 Å². The number of amides is 1. The van der Waals surface area contributed by atoms with E-state index in [0.717, 1.165) is 0 Å². The average molecular weight is 230 g/mol. The van der Waals surface area contributed by atoms with E-state index in [9.17, 15) is 9.59 Å². The highest BCUT2D eigenvalue weighted by Crippen LogP contribution is 2.14. The largest absolute Gasteiger partial charge is 0.508 e. The molecule has 1 heterocycles. The Labute approximate surface area is 96.7 Å². The molecule has 86 valence electrons. The molecule has 17 heavy (non-hydrogen) atoms. The maximum absolute atomic E-state index is 11.7. The van der Waals surface area contributed by atoms with E-state index in [1.165, 1.54) is 30.5 Å². The number of phenols is 1. The number of carbonyl (C=O) groups is 1. The van der Waals surface area contributed by atoms with E-state index in [0.29, 0.717) is 5.69 Å². The summed E-state index contributed by atoms with van der Waals surface area (Å²) in [6, 6.07) is 8.80. The Kier molecular flexibility index (Phi) is 2.91. The fraction of sp³-hybridized carbons (Fsp3) is 0. The van der Waals surface area contributed by atoms with Crippen molar-refractivity contribution in [1.82, 2.24) is 4.98 Å². The summed E-state index contributed by atoms with van der Waals surface area (Å²) in [5.74, 6) is -0.249. The van der Waals surface area contributed by atoms with Gasteiger partial charge in [0.05, 0.1) is 0 Å². The number of H-pyrrole nitrogens is 1. The Morgan fingerprint density at radius 1 is 1.18 bits per heavy atom. The van der Waals surface area contributed by atoms with Crippen LogP contribution in [-0.4, -0.2) is 16.0 Å². The molecule has 1 amide bonds. The molecule has 0 saturated carbocycles. The van der Waals surface area contributed by atoms with Gasteiger partial charge in [0.2, 0.25) is 5.56 Å². The summed E-state index contributed by atoms with van der Waals surface area (Å²) in [7, 11) is 0. The molecule has 0 aliphatic carbocycles. The molecule has 0 aliphatic heterocycles.